The summed E-state index contributed by atoms with van der Waals surface area (Å²) in [7, 11) is 0. The van der Waals surface area contributed by atoms with Gasteiger partial charge in [0.15, 0.2) is 0 Å². The van der Waals surface area contributed by atoms with Gasteiger partial charge in [0.2, 0.25) is 0 Å². The molecule has 3 heteroatoms. The van der Waals surface area contributed by atoms with Gasteiger partial charge in [0.1, 0.15) is 0 Å². The second-order valence-corrected chi connectivity index (χ2v) is 7.01. The number of likely N-dealkylation sites (tertiary alicyclic amines) is 1. The van der Waals surface area contributed by atoms with Gasteiger partial charge in [-0.25, -0.2) is 0 Å². The van der Waals surface area contributed by atoms with Crippen molar-refractivity contribution in [1.82, 2.24) is 10.2 Å². The van der Waals surface area contributed by atoms with E-state index < -0.39 is 0 Å². The first-order valence-corrected chi connectivity index (χ1v) is 8.89. The monoisotopic (exact) mass is 272 g/mol. The van der Waals surface area contributed by atoms with Gasteiger partial charge in [-0.1, -0.05) is 13.8 Å². The van der Waals surface area contributed by atoms with Crippen molar-refractivity contribution < 1.29 is 0 Å². The number of thioether (sulfide) groups is 1. The summed E-state index contributed by atoms with van der Waals surface area (Å²) in [6.45, 7) is 13.1. The van der Waals surface area contributed by atoms with Crippen LogP contribution >= 0.6 is 11.8 Å². The van der Waals surface area contributed by atoms with E-state index >= 15 is 0 Å². The molecule has 0 aromatic heterocycles. The van der Waals surface area contributed by atoms with E-state index in [9.17, 15) is 0 Å². The number of piperidine rings is 1. The molecule has 0 aliphatic carbocycles. The second-order valence-electron chi connectivity index (χ2n) is 5.69. The second kappa shape index (κ2) is 9.22. The minimum Gasteiger partial charge on any atom is -0.311 e. The summed E-state index contributed by atoms with van der Waals surface area (Å²) in [5.74, 6) is 3.36. The van der Waals surface area contributed by atoms with Gasteiger partial charge in [0, 0.05) is 17.8 Å². The largest absolute Gasteiger partial charge is 0.311 e. The summed E-state index contributed by atoms with van der Waals surface area (Å²) in [4.78, 5) is 2.62. The first kappa shape index (κ1) is 16.3. The molecule has 0 spiro atoms. The SMILES string of the molecule is CCCN1CCC(C(C)NC(C)CSCC)CC1. The maximum atomic E-state index is 3.79. The van der Waals surface area contributed by atoms with Crippen LogP contribution in [0.2, 0.25) is 0 Å². The number of hydrogen-bond donors (Lipinski definition) is 1. The lowest BCUT2D eigenvalue weighted by molar-refractivity contribution is 0.160. The third-order valence-corrected chi connectivity index (χ3v) is 5.14. The number of nitrogens with zero attached hydrogens (tertiary/aromatic N) is 1. The molecule has 1 N–H and O–H groups in total. The first-order chi connectivity index (χ1) is 8.67. The standard InChI is InChI=1S/C15H32N2S/c1-5-9-17-10-7-15(8-11-17)14(4)16-13(3)12-18-6-2/h13-16H,5-12H2,1-4H3. The minimum atomic E-state index is 0.652. The Morgan fingerprint density at radius 3 is 2.44 bits per heavy atom. The highest BCUT2D eigenvalue weighted by atomic mass is 32.2. The van der Waals surface area contributed by atoms with E-state index in [0.717, 1.165) is 5.92 Å². The highest BCUT2D eigenvalue weighted by molar-refractivity contribution is 7.99. The van der Waals surface area contributed by atoms with Crippen LogP contribution in [0.5, 0.6) is 0 Å². The molecule has 0 radical (unpaired) electrons. The van der Waals surface area contributed by atoms with Crippen LogP contribution in [0.3, 0.4) is 0 Å². The van der Waals surface area contributed by atoms with Crippen molar-refractivity contribution in [3.8, 4) is 0 Å². The summed E-state index contributed by atoms with van der Waals surface area (Å²) >= 11 is 2.04. The van der Waals surface area contributed by atoms with Crippen LogP contribution < -0.4 is 5.32 Å². The van der Waals surface area contributed by atoms with Gasteiger partial charge < -0.3 is 10.2 Å². The van der Waals surface area contributed by atoms with E-state index in [0.29, 0.717) is 12.1 Å². The van der Waals surface area contributed by atoms with E-state index in [1.54, 1.807) is 0 Å². The Morgan fingerprint density at radius 1 is 1.22 bits per heavy atom. The van der Waals surface area contributed by atoms with Gasteiger partial charge in [0.05, 0.1) is 0 Å². The van der Waals surface area contributed by atoms with Crippen molar-refractivity contribution >= 4 is 11.8 Å². The highest BCUT2D eigenvalue weighted by Gasteiger charge is 2.23. The number of hydrogen-bond acceptors (Lipinski definition) is 3. The maximum Gasteiger partial charge on any atom is 0.0132 e. The van der Waals surface area contributed by atoms with Crippen LogP contribution in [0.1, 0.15) is 47.0 Å². The zero-order valence-electron chi connectivity index (χ0n) is 12.7. The van der Waals surface area contributed by atoms with Crippen LogP contribution in [0.4, 0.5) is 0 Å². The molecule has 108 valence electrons. The van der Waals surface area contributed by atoms with Crippen LogP contribution in [0, 0.1) is 5.92 Å². The van der Waals surface area contributed by atoms with Crippen molar-refractivity contribution in [2.45, 2.75) is 59.0 Å². The van der Waals surface area contributed by atoms with Crippen molar-refractivity contribution in [3.63, 3.8) is 0 Å². The van der Waals surface area contributed by atoms with Crippen LogP contribution in [-0.2, 0) is 0 Å². The molecule has 1 aliphatic rings. The van der Waals surface area contributed by atoms with Gasteiger partial charge in [-0.3, -0.25) is 0 Å². The predicted molar refractivity (Wildman–Crippen MR) is 84.5 cm³/mol. The molecule has 2 atom stereocenters. The molecule has 1 fully saturated rings. The number of rotatable bonds is 8. The smallest absolute Gasteiger partial charge is 0.0132 e. The van der Waals surface area contributed by atoms with Gasteiger partial charge >= 0.3 is 0 Å². The average molecular weight is 273 g/mol. The van der Waals surface area contributed by atoms with Crippen molar-refractivity contribution in [2.24, 2.45) is 5.92 Å². The summed E-state index contributed by atoms with van der Waals surface area (Å²) < 4.78 is 0. The maximum absolute atomic E-state index is 3.79. The lowest BCUT2D eigenvalue weighted by atomic mass is 9.90. The Hall–Kier alpha value is 0.270. The van der Waals surface area contributed by atoms with Crippen molar-refractivity contribution in [2.75, 3.05) is 31.1 Å². The van der Waals surface area contributed by atoms with Crippen LogP contribution in [-0.4, -0.2) is 48.1 Å². The Bertz CT molecular complexity index is 203. The molecule has 0 aromatic carbocycles. The van der Waals surface area contributed by atoms with E-state index in [-0.39, 0.29) is 0 Å². The third kappa shape index (κ3) is 5.94. The molecule has 0 aromatic rings. The third-order valence-electron chi connectivity index (χ3n) is 4.00. The molecular formula is C15H32N2S. The lowest BCUT2D eigenvalue weighted by Crippen LogP contribution is -2.45. The lowest BCUT2D eigenvalue weighted by Gasteiger charge is -2.36. The zero-order chi connectivity index (χ0) is 13.4. The molecule has 2 nitrogen and oxygen atoms in total. The van der Waals surface area contributed by atoms with Gasteiger partial charge in [-0.05, 0) is 64.4 Å². The van der Waals surface area contributed by atoms with Gasteiger partial charge in [0.25, 0.3) is 0 Å². The van der Waals surface area contributed by atoms with Crippen LogP contribution in [0.25, 0.3) is 0 Å². The van der Waals surface area contributed by atoms with Crippen molar-refractivity contribution in [1.29, 1.82) is 0 Å². The Kier molecular flexibility index (Phi) is 8.36. The summed E-state index contributed by atoms with van der Waals surface area (Å²) in [5, 5.41) is 3.79. The summed E-state index contributed by atoms with van der Waals surface area (Å²) in [6, 6.07) is 1.33. The van der Waals surface area contributed by atoms with Crippen molar-refractivity contribution in [3.05, 3.63) is 0 Å². The minimum absolute atomic E-state index is 0.652. The van der Waals surface area contributed by atoms with E-state index in [1.807, 2.05) is 11.8 Å². The molecule has 0 saturated carbocycles. The normalized spacial score (nSPS) is 22.0. The number of nitrogens with one attached hydrogen (secondary N) is 1. The fourth-order valence-electron chi connectivity index (χ4n) is 2.92. The molecule has 1 heterocycles. The molecule has 0 bridgehead atoms. The molecule has 1 saturated heterocycles. The van der Waals surface area contributed by atoms with E-state index in [1.165, 1.54) is 50.4 Å². The first-order valence-electron chi connectivity index (χ1n) is 7.73. The van der Waals surface area contributed by atoms with E-state index in [2.05, 4.69) is 37.9 Å². The van der Waals surface area contributed by atoms with Gasteiger partial charge in [-0.15, -0.1) is 0 Å². The molecule has 1 rings (SSSR count). The molecule has 1 aliphatic heterocycles. The molecule has 0 amide bonds. The molecule has 18 heavy (non-hydrogen) atoms. The fourth-order valence-corrected chi connectivity index (χ4v) is 3.61. The Labute approximate surface area is 118 Å². The molecule has 2 unspecified atom stereocenters. The van der Waals surface area contributed by atoms with E-state index in [4.69, 9.17) is 0 Å². The fraction of sp³-hybridized carbons (Fsp3) is 1.00. The zero-order valence-corrected chi connectivity index (χ0v) is 13.6. The highest BCUT2D eigenvalue weighted by Crippen LogP contribution is 2.21. The topological polar surface area (TPSA) is 15.3 Å². The van der Waals surface area contributed by atoms with Crippen LogP contribution in [0.15, 0.2) is 0 Å². The Morgan fingerprint density at radius 2 is 1.89 bits per heavy atom. The summed E-state index contributed by atoms with van der Waals surface area (Å²) in [6.07, 6.45) is 4.05. The Balaban J connectivity index is 2.20. The average Bonchev–Trinajstić information content (AvgIpc) is 2.37. The van der Waals surface area contributed by atoms with Gasteiger partial charge in [-0.2, -0.15) is 11.8 Å². The summed E-state index contributed by atoms with van der Waals surface area (Å²) in [5.41, 5.74) is 0. The quantitative estimate of drug-likeness (QED) is 0.730. The molecular weight excluding hydrogens is 240 g/mol. The predicted octanol–water partition coefficient (Wildman–Crippen LogP) is 3.23.